The van der Waals surface area contributed by atoms with Crippen molar-refractivity contribution < 1.29 is 0 Å². The second kappa shape index (κ2) is 5.39. The molecule has 0 aliphatic carbocycles. The van der Waals surface area contributed by atoms with Crippen molar-refractivity contribution in [2.45, 2.75) is 46.6 Å². The molecule has 0 saturated carbocycles. The van der Waals surface area contributed by atoms with Crippen LogP contribution in [0.4, 0.5) is 0 Å². The average molecular weight is 221 g/mol. The van der Waals surface area contributed by atoms with Crippen LogP contribution >= 0.6 is 0 Å². The molecule has 0 aromatic carbocycles. The van der Waals surface area contributed by atoms with Gasteiger partial charge in [-0.25, -0.2) is 9.97 Å². The largest absolute Gasteiger partial charge is 0.317 e. The zero-order chi connectivity index (χ0) is 12.3. The van der Waals surface area contributed by atoms with E-state index in [1.807, 2.05) is 27.0 Å². The molecule has 0 fully saturated rings. The molecule has 0 saturated heterocycles. The highest BCUT2D eigenvalue weighted by atomic mass is 14.9. The van der Waals surface area contributed by atoms with Crippen LogP contribution in [-0.2, 0) is 0 Å². The summed E-state index contributed by atoms with van der Waals surface area (Å²) in [6, 6.07) is 2.41. The van der Waals surface area contributed by atoms with Gasteiger partial charge in [-0.2, -0.15) is 0 Å². The zero-order valence-corrected chi connectivity index (χ0v) is 11.2. The Morgan fingerprint density at radius 1 is 1.06 bits per heavy atom. The first-order chi connectivity index (χ1) is 7.45. The van der Waals surface area contributed by atoms with E-state index < -0.39 is 0 Å². The predicted molar refractivity (Wildman–Crippen MR) is 67.6 cm³/mol. The van der Waals surface area contributed by atoms with Crippen molar-refractivity contribution in [3.63, 3.8) is 0 Å². The highest BCUT2D eigenvalue weighted by Gasteiger charge is 2.24. The fourth-order valence-electron chi connectivity index (χ4n) is 2.18. The summed E-state index contributed by atoms with van der Waals surface area (Å²) in [7, 11) is 1.99. The maximum absolute atomic E-state index is 4.57. The van der Waals surface area contributed by atoms with Crippen molar-refractivity contribution in [3.8, 4) is 0 Å². The van der Waals surface area contributed by atoms with Gasteiger partial charge in [0.05, 0.1) is 0 Å². The lowest BCUT2D eigenvalue weighted by Crippen LogP contribution is -2.33. The Balaban J connectivity index is 3.10. The Kier molecular flexibility index (Phi) is 4.42. The third-order valence-corrected chi connectivity index (χ3v) is 3.01. The van der Waals surface area contributed by atoms with E-state index >= 15 is 0 Å². The molecule has 3 heteroatoms. The fraction of sp³-hybridized carbons (Fsp3) is 0.692. The van der Waals surface area contributed by atoms with Crippen LogP contribution in [0.2, 0.25) is 0 Å². The van der Waals surface area contributed by atoms with Crippen LogP contribution in [0, 0.1) is 19.8 Å². The van der Waals surface area contributed by atoms with Gasteiger partial charge in [0, 0.05) is 23.3 Å². The van der Waals surface area contributed by atoms with Crippen LogP contribution in [0.15, 0.2) is 6.07 Å². The van der Waals surface area contributed by atoms with Crippen LogP contribution in [0.3, 0.4) is 0 Å². The van der Waals surface area contributed by atoms with Gasteiger partial charge in [-0.1, -0.05) is 13.8 Å². The molecule has 90 valence electrons. The Morgan fingerprint density at radius 2 is 1.56 bits per heavy atom. The first-order valence-electron chi connectivity index (χ1n) is 5.95. The number of aryl methyl sites for hydroxylation is 2. The van der Waals surface area contributed by atoms with Crippen molar-refractivity contribution >= 4 is 0 Å². The highest BCUT2D eigenvalue weighted by molar-refractivity contribution is 5.12. The van der Waals surface area contributed by atoms with Gasteiger partial charge >= 0.3 is 0 Å². The maximum Gasteiger partial charge on any atom is 0.133 e. The zero-order valence-electron chi connectivity index (χ0n) is 11.2. The Bertz CT molecular complexity index is 327. The fourth-order valence-corrected chi connectivity index (χ4v) is 2.18. The van der Waals surface area contributed by atoms with Gasteiger partial charge in [-0.05, 0) is 39.8 Å². The lowest BCUT2D eigenvalue weighted by molar-refractivity contribution is 0.379. The van der Waals surface area contributed by atoms with Gasteiger partial charge in [-0.15, -0.1) is 0 Å². The van der Waals surface area contributed by atoms with E-state index in [9.17, 15) is 0 Å². The molecule has 1 aromatic rings. The van der Waals surface area contributed by atoms with Gasteiger partial charge in [-0.3, -0.25) is 0 Å². The summed E-state index contributed by atoms with van der Waals surface area (Å²) < 4.78 is 0. The molecule has 2 atom stereocenters. The van der Waals surface area contributed by atoms with E-state index in [4.69, 9.17) is 0 Å². The number of aromatic nitrogens is 2. The predicted octanol–water partition coefficient (Wildman–Crippen LogP) is 2.44. The number of hydrogen-bond donors (Lipinski definition) is 1. The summed E-state index contributed by atoms with van der Waals surface area (Å²) in [4.78, 5) is 9.15. The molecule has 3 nitrogen and oxygen atoms in total. The Labute approximate surface area is 98.7 Å². The molecule has 0 radical (unpaired) electrons. The molecular formula is C13H23N3. The molecule has 16 heavy (non-hydrogen) atoms. The molecule has 0 bridgehead atoms. The van der Waals surface area contributed by atoms with Gasteiger partial charge < -0.3 is 5.32 Å². The van der Waals surface area contributed by atoms with Crippen molar-refractivity contribution in [1.29, 1.82) is 0 Å². The average Bonchev–Trinajstić information content (AvgIpc) is 2.15. The lowest BCUT2D eigenvalue weighted by atomic mass is 9.88. The van der Waals surface area contributed by atoms with Crippen LogP contribution < -0.4 is 5.32 Å². The minimum Gasteiger partial charge on any atom is -0.317 e. The smallest absolute Gasteiger partial charge is 0.133 e. The van der Waals surface area contributed by atoms with E-state index in [-0.39, 0.29) is 0 Å². The summed E-state index contributed by atoms with van der Waals surface area (Å²) in [5.41, 5.74) is 2.10. The first kappa shape index (κ1) is 13.1. The summed E-state index contributed by atoms with van der Waals surface area (Å²) in [5.74, 6) is 1.86. The molecule has 1 heterocycles. The van der Waals surface area contributed by atoms with Gasteiger partial charge in [0.25, 0.3) is 0 Å². The molecule has 1 N–H and O–H groups in total. The summed E-state index contributed by atoms with van der Waals surface area (Å²) in [6.45, 7) is 10.7. The standard InChI is InChI=1S/C13H23N3/c1-8(2)12(11(5)14-6)13-15-9(3)7-10(4)16-13/h7-8,11-12,14H,1-6H3. The second-order valence-corrected chi connectivity index (χ2v) is 4.86. The number of rotatable bonds is 4. The van der Waals surface area contributed by atoms with Crippen molar-refractivity contribution in [2.24, 2.45) is 5.92 Å². The minimum atomic E-state index is 0.364. The van der Waals surface area contributed by atoms with Crippen LogP contribution in [0.5, 0.6) is 0 Å². The minimum absolute atomic E-state index is 0.364. The normalized spacial score (nSPS) is 15.2. The summed E-state index contributed by atoms with van der Waals surface area (Å²) in [5, 5.41) is 3.30. The monoisotopic (exact) mass is 221 g/mol. The Hall–Kier alpha value is -0.960. The van der Waals surface area contributed by atoms with E-state index in [2.05, 4.69) is 36.1 Å². The van der Waals surface area contributed by atoms with Gasteiger partial charge in [0.1, 0.15) is 5.82 Å². The molecule has 2 unspecified atom stereocenters. The molecule has 0 aliphatic rings. The maximum atomic E-state index is 4.57. The van der Waals surface area contributed by atoms with Crippen molar-refractivity contribution in [1.82, 2.24) is 15.3 Å². The highest BCUT2D eigenvalue weighted by Crippen LogP contribution is 2.25. The van der Waals surface area contributed by atoms with Gasteiger partial charge in [0.2, 0.25) is 0 Å². The molecular weight excluding hydrogens is 198 g/mol. The molecule has 1 rings (SSSR count). The van der Waals surface area contributed by atoms with Crippen LogP contribution in [-0.4, -0.2) is 23.1 Å². The summed E-state index contributed by atoms with van der Waals surface area (Å²) >= 11 is 0. The quantitative estimate of drug-likeness (QED) is 0.848. The number of likely N-dealkylation sites (N-methyl/N-ethyl adjacent to an activating group) is 1. The molecule has 0 amide bonds. The molecule has 0 aliphatic heterocycles. The Morgan fingerprint density at radius 3 is 1.94 bits per heavy atom. The van der Waals surface area contributed by atoms with E-state index in [1.54, 1.807) is 0 Å². The summed E-state index contributed by atoms with van der Waals surface area (Å²) in [6.07, 6.45) is 0. The van der Waals surface area contributed by atoms with E-state index in [1.165, 1.54) is 0 Å². The van der Waals surface area contributed by atoms with Crippen molar-refractivity contribution in [3.05, 3.63) is 23.3 Å². The number of hydrogen-bond acceptors (Lipinski definition) is 3. The molecule has 1 aromatic heterocycles. The number of nitrogens with zero attached hydrogens (tertiary/aromatic N) is 2. The second-order valence-electron chi connectivity index (χ2n) is 4.86. The third kappa shape index (κ3) is 3.01. The SMILES string of the molecule is CNC(C)C(c1nc(C)cc(C)n1)C(C)C. The van der Waals surface area contributed by atoms with Crippen LogP contribution in [0.25, 0.3) is 0 Å². The third-order valence-electron chi connectivity index (χ3n) is 3.01. The van der Waals surface area contributed by atoms with E-state index in [0.717, 1.165) is 17.2 Å². The molecule has 0 spiro atoms. The number of nitrogens with one attached hydrogen (secondary N) is 1. The lowest BCUT2D eigenvalue weighted by Gasteiger charge is -2.26. The topological polar surface area (TPSA) is 37.8 Å². The van der Waals surface area contributed by atoms with Crippen molar-refractivity contribution in [2.75, 3.05) is 7.05 Å². The van der Waals surface area contributed by atoms with Gasteiger partial charge in [0.15, 0.2) is 0 Å². The van der Waals surface area contributed by atoms with Crippen LogP contribution in [0.1, 0.15) is 43.9 Å². The van der Waals surface area contributed by atoms with E-state index in [0.29, 0.717) is 17.9 Å². The first-order valence-corrected chi connectivity index (χ1v) is 5.95.